The SMILES string of the molecule is COc1cc2c3c(ccnc3c1C)NC=C2. The first kappa shape index (κ1) is 9.21. The van der Waals surface area contributed by atoms with Crippen LogP contribution in [-0.2, 0) is 0 Å². The highest BCUT2D eigenvalue weighted by molar-refractivity contribution is 6.02. The lowest BCUT2D eigenvalue weighted by molar-refractivity contribution is 0.412. The van der Waals surface area contributed by atoms with E-state index in [1.54, 1.807) is 7.11 Å². The van der Waals surface area contributed by atoms with Gasteiger partial charge in [-0.3, -0.25) is 4.98 Å². The summed E-state index contributed by atoms with van der Waals surface area (Å²) in [7, 11) is 1.69. The zero-order valence-electron chi connectivity index (χ0n) is 9.24. The highest BCUT2D eigenvalue weighted by atomic mass is 16.5. The number of methoxy groups -OCH3 is 1. The van der Waals surface area contributed by atoms with E-state index in [1.807, 2.05) is 31.5 Å². The molecule has 0 bridgehead atoms. The maximum Gasteiger partial charge on any atom is 0.124 e. The Morgan fingerprint density at radius 3 is 3.06 bits per heavy atom. The molecule has 0 unspecified atom stereocenters. The average Bonchev–Trinajstić information content (AvgIpc) is 2.33. The summed E-state index contributed by atoms with van der Waals surface area (Å²) < 4.78 is 5.37. The van der Waals surface area contributed by atoms with Crippen LogP contribution in [-0.4, -0.2) is 12.1 Å². The van der Waals surface area contributed by atoms with Gasteiger partial charge in [0.05, 0.1) is 12.6 Å². The maximum absolute atomic E-state index is 5.37. The molecule has 0 saturated heterocycles. The topological polar surface area (TPSA) is 34.1 Å². The van der Waals surface area contributed by atoms with Crippen LogP contribution >= 0.6 is 0 Å². The second-order valence-corrected chi connectivity index (χ2v) is 3.85. The number of aromatic nitrogens is 1. The molecular formula is C13H12N2O. The quantitative estimate of drug-likeness (QED) is 0.789. The molecule has 1 aromatic carbocycles. The summed E-state index contributed by atoms with van der Waals surface area (Å²) in [5.41, 5.74) is 4.34. The van der Waals surface area contributed by atoms with Gasteiger partial charge in [0.1, 0.15) is 5.75 Å². The lowest BCUT2D eigenvalue weighted by Gasteiger charge is -2.16. The molecule has 0 spiro atoms. The predicted molar refractivity (Wildman–Crippen MR) is 65.7 cm³/mol. The van der Waals surface area contributed by atoms with Crippen LogP contribution in [0.15, 0.2) is 24.5 Å². The molecule has 3 nitrogen and oxygen atoms in total. The fraction of sp³-hybridized carbons (Fsp3) is 0.154. The Kier molecular flexibility index (Phi) is 1.86. The molecule has 1 N–H and O–H groups in total. The summed E-state index contributed by atoms with van der Waals surface area (Å²) in [5.74, 6) is 0.888. The largest absolute Gasteiger partial charge is 0.496 e. The van der Waals surface area contributed by atoms with Gasteiger partial charge >= 0.3 is 0 Å². The Hall–Kier alpha value is -2.03. The van der Waals surface area contributed by atoms with Gasteiger partial charge in [-0.1, -0.05) is 0 Å². The minimum Gasteiger partial charge on any atom is -0.496 e. The lowest BCUT2D eigenvalue weighted by Crippen LogP contribution is -2.00. The van der Waals surface area contributed by atoms with E-state index in [9.17, 15) is 0 Å². The Labute approximate surface area is 93.8 Å². The van der Waals surface area contributed by atoms with Crippen molar-refractivity contribution in [3.8, 4) is 5.75 Å². The zero-order valence-corrected chi connectivity index (χ0v) is 9.24. The minimum absolute atomic E-state index is 0.888. The number of rotatable bonds is 1. The maximum atomic E-state index is 5.37. The molecule has 1 aliphatic heterocycles. The van der Waals surface area contributed by atoms with Gasteiger partial charge in [0, 0.05) is 29.0 Å². The molecule has 2 heterocycles. The lowest BCUT2D eigenvalue weighted by atomic mass is 10.0. The first-order chi connectivity index (χ1) is 7.81. The van der Waals surface area contributed by atoms with E-state index in [4.69, 9.17) is 4.74 Å². The van der Waals surface area contributed by atoms with Crippen molar-refractivity contribution >= 4 is 22.7 Å². The number of ether oxygens (including phenoxy) is 1. The van der Waals surface area contributed by atoms with Crippen molar-refractivity contribution in [2.45, 2.75) is 6.92 Å². The van der Waals surface area contributed by atoms with Crippen LogP contribution in [0.4, 0.5) is 5.69 Å². The first-order valence-corrected chi connectivity index (χ1v) is 5.20. The zero-order chi connectivity index (χ0) is 11.1. The summed E-state index contributed by atoms with van der Waals surface area (Å²) in [4.78, 5) is 4.44. The third-order valence-electron chi connectivity index (χ3n) is 2.97. The summed E-state index contributed by atoms with van der Waals surface area (Å²) >= 11 is 0. The van der Waals surface area contributed by atoms with Crippen molar-refractivity contribution in [2.75, 3.05) is 12.4 Å². The molecule has 0 amide bonds. The van der Waals surface area contributed by atoms with Gasteiger partial charge in [0.25, 0.3) is 0 Å². The number of hydrogen-bond donors (Lipinski definition) is 1. The van der Waals surface area contributed by atoms with Crippen molar-refractivity contribution in [1.29, 1.82) is 0 Å². The molecule has 80 valence electrons. The van der Waals surface area contributed by atoms with E-state index in [0.29, 0.717) is 0 Å². The smallest absolute Gasteiger partial charge is 0.124 e. The van der Waals surface area contributed by atoms with Gasteiger partial charge in [-0.25, -0.2) is 0 Å². The number of pyridine rings is 1. The van der Waals surface area contributed by atoms with Crippen molar-refractivity contribution in [3.05, 3.63) is 35.7 Å². The molecule has 2 aromatic rings. The van der Waals surface area contributed by atoms with E-state index in [1.165, 1.54) is 5.39 Å². The predicted octanol–water partition coefficient (Wildman–Crippen LogP) is 2.95. The third kappa shape index (κ3) is 1.11. The molecule has 0 atom stereocenters. The van der Waals surface area contributed by atoms with E-state index >= 15 is 0 Å². The fourth-order valence-corrected chi connectivity index (χ4v) is 2.16. The van der Waals surface area contributed by atoms with Crippen LogP contribution in [0.2, 0.25) is 0 Å². The van der Waals surface area contributed by atoms with Crippen LogP contribution < -0.4 is 10.1 Å². The molecule has 16 heavy (non-hydrogen) atoms. The Bertz CT molecular complexity index is 602. The van der Waals surface area contributed by atoms with Gasteiger partial charge in [-0.15, -0.1) is 0 Å². The van der Waals surface area contributed by atoms with Gasteiger partial charge in [0.2, 0.25) is 0 Å². The van der Waals surface area contributed by atoms with Crippen LogP contribution in [0.1, 0.15) is 11.1 Å². The van der Waals surface area contributed by atoms with Crippen LogP contribution in [0.25, 0.3) is 17.0 Å². The van der Waals surface area contributed by atoms with E-state index in [0.717, 1.165) is 28.1 Å². The highest BCUT2D eigenvalue weighted by Crippen LogP contribution is 2.36. The second kappa shape index (κ2) is 3.23. The van der Waals surface area contributed by atoms with Gasteiger partial charge in [0.15, 0.2) is 0 Å². The number of nitrogens with one attached hydrogen (secondary N) is 1. The van der Waals surface area contributed by atoms with Crippen molar-refractivity contribution in [3.63, 3.8) is 0 Å². The molecule has 0 fully saturated rings. The molecule has 0 saturated carbocycles. The molecule has 3 heteroatoms. The highest BCUT2D eigenvalue weighted by Gasteiger charge is 2.14. The summed E-state index contributed by atoms with van der Waals surface area (Å²) in [5, 5.41) is 4.40. The van der Waals surface area contributed by atoms with Gasteiger partial charge in [-0.2, -0.15) is 0 Å². The Balaban J connectivity index is 2.49. The molecule has 1 aromatic heterocycles. The molecule has 0 radical (unpaired) electrons. The summed E-state index contributed by atoms with van der Waals surface area (Å²) in [6.07, 6.45) is 5.80. The molecule has 1 aliphatic rings. The average molecular weight is 212 g/mol. The van der Waals surface area contributed by atoms with Gasteiger partial charge < -0.3 is 10.1 Å². The second-order valence-electron chi connectivity index (χ2n) is 3.85. The first-order valence-electron chi connectivity index (χ1n) is 5.20. The van der Waals surface area contributed by atoms with Crippen molar-refractivity contribution < 1.29 is 4.74 Å². The third-order valence-corrected chi connectivity index (χ3v) is 2.97. The molecular weight excluding hydrogens is 200 g/mol. The van der Waals surface area contributed by atoms with E-state index in [-0.39, 0.29) is 0 Å². The van der Waals surface area contributed by atoms with E-state index < -0.39 is 0 Å². The van der Waals surface area contributed by atoms with Gasteiger partial charge in [-0.05, 0) is 30.7 Å². The van der Waals surface area contributed by atoms with Crippen LogP contribution in [0, 0.1) is 6.92 Å². The van der Waals surface area contributed by atoms with Crippen LogP contribution in [0.3, 0.4) is 0 Å². The number of benzene rings is 1. The standard InChI is InChI=1S/C13H12N2O/c1-8-11(16-2)7-9-3-5-14-10-4-6-15-13(8)12(9)10/h3-7,14H,1-2H3. The van der Waals surface area contributed by atoms with Crippen LogP contribution in [0.5, 0.6) is 5.75 Å². The number of aryl methyl sites for hydroxylation is 1. The Morgan fingerprint density at radius 1 is 1.38 bits per heavy atom. The molecule has 3 rings (SSSR count). The van der Waals surface area contributed by atoms with Crippen molar-refractivity contribution in [1.82, 2.24) is 4.98 Å². The molecule has 0 aliphatic carbocycles. The normalized spacial score (nSPS) is 12.6. The number of nitrogens with zero attached hydrogens (tertiary/aromatic N) is 1. The summed E-state index contributed by atoms with van der Waals surface area (Å²) in [6, 6.07) is 4.04. The summed E-state index contributed by atoms with van der Waals surface area (Å²) in [6.45, 7) is 2.03. The van der Waals surface area contributed by atoms with E-state index in [2.05, 4.69) is 16.4 Å². The number of anilines is 1. The monoisotopic (exact) mass is 212 g/mol. The number of hydrogen-bond acceptors (Lipinski definition) is 3. The Morgan fingerprint density at radius 2 is 2.25 bits per heavy atom. The minimum atomic E-state index is 0.888. The van der Waals surface area contributed by atoms with Crippen molar-refractivity contribution in [2.24, 2.45) is 0 Å². The fourth-order valence-electron chi connectivity index (χ4n) is 2.16.